The van der Waals surface area contributed by atoms with E-state index in [1.807, 2.05) is 24.3 Å². The molecule has 1 aliphatic carbocycles. The molecule has 0 bridgehead atoms. The SMILES string of the molecule is O=C(O)C1=CC=CN(c2ccccc2OC2CCCCC2)N1. The van der Waals surface area contributed by atoms with Crippen LogP contribution in [0.25, 0.3) is 0 Å². The minimum atomic E-state index is -0.986. The Morgan fingerprint density at radius 3 is 2.77 bits per heavy atom. The molecule has 0 saturated heterocycles. The maximum Gasteiger partial charge on any atom is 0.353 e. The van der Waals surface area contributed by atoms with Crippen LogP contribution in [0.15, 0.2) is 48.3 Å². The molecule has 1 saturated carbocycles. The van der Waals surface area contributed by atoms with E-state index in [1.54, 1.807) is 17.3 Å². The van der Waals surface area contributed by atoms with Crippen molar-refractivity contribution in [2.75, 3.05) is 5.01 Å². The summed E-state index contributed by atoms with van der Waals surface area (Å²) in [5.74, 6) is -0.210. The van der Waals surface area contributed by atoms with Crippen molar-refractivity contribution in [3.8, 4) is 5.75 Å². The maximum atomic E-state index is 11.1. The van der Waals surface area contributed by atoms with Crippen LogP contribution < -0.4 is 15.2 Å². The van der Waals surface area contributed by atoms with Crippen LogP contribution in [-0.4, -0.2) is 17.2 Å². The average Bonchev–Trinajstić information content (AvgIpc) is 2.56. The number of nitrogens with one attached hydrogen (secondary N) is 1. The minimum Gasteiger partial charge on any atom is -0.488 e. The molecule has 2 aliphatic rings. The Balaban J connectivity index is 1.78. The van der Waals surface area contributed by atoms with Crippen LogP contribution in [0, 0.1) is 0 Å². The summed E-state index contributed by atoms with van der Waals surface area (Å²) in [5, 5.41) is 10.8. The molecule has 3 rings (SSSR count). The summed E-state index contributed by atoms with van der Waals surface area (Å²) in [7, 11) is 0. The molecule has 0 spiro atoms. The number of para-hydroxylation sites is 2. The van der Waals surface area contributed by atoms with E-state index in [-0.39, 0.29) is 11.8 Å². The normalized spacial score (nSPS) is 18.5. The van der Waals surface area contributed by atoms with Gasteiger partial charge in [-0.3, -0.25) is 10.4 Å². The summed E-state index contributed by atoms with van der Waals surface area (Å²) < 4.78 is 6.15. The van der Waals surface area contributed by atoms with E-state index in [0.29, 0.717) is 0 Å². The molecular formula is C17H20N2O3. The van der Waals surface area contributed by atoms with Gasteiger partial charge in [0, 0.05) is 6.20 Å². The van der Waals surface area contributed by atoms with Crippen LogP contribution in [0.2, 0.25) is 0 Å². The van der Waals surface area contributed by atoms with E-state index in [2.05, 4.69) is 5.43 Å². The topological polar surface area (TPSA) is 61.8 Å². The Hall–Kier alpha value is -2.43. The highest BCUT2D eigenvalue weighted by Crippen LogP contribution is 2.32. The Labute approximate surface area is 129 Å². The Morgan fingerprint density at radius 1 is 1.23 bits per heavy atom. The number of carbonyl (C=O) groups is 1. The molecule has 1 heterocycles. The second-order valence-electron chi connectivity index (χ2n) is 5.55. The Bertz CT molecular complexity index is 604. The third-order valence-electron chi connectivity index (χ3n) is 3.94. The van der Waals surface area contributed by atoms with E-state index in [0.717, 1.165) is 24.3 Å². The number of hydrogen-bond acceptors (Lipinski definition) is 4. The predicted molar refractivity (Wildman–Crippen MR) is 84.4 cm³/mol. The predicted octanol–water partition coefficient (Wildman–Crippen LogP) is 3.20. The van der Waals surface area contributed by atoms with Crippen molar-refractivity contribution < 1.29 is 14.6 Å². The lowest BCUT2D eigenvalue weighted by Gasteiger charge is -2.29. The van der Waals surface area contributed by atoms with Gasteiger partial charge < -0.3 is 9.84 Å². The molecule has 0 radical (unpaired) electrons. The van der Waals surface area contributed by atoms with Crippen molar-refractivity contribution >= 4 is 11.7 Å². The van der Waals surface area contributed by atoms with Crippen molar-refractivity contribution in [2.24, 2.45) is 0 Å². The standard InChI is InChI=1S/C17H20N2O3/c20-17(21)14-9-6-12-19(18-14)15-10-4-5-11-16(15)22-13-7-2-1-3-8-13/h4-6,9-13,18H,1-3,7-8H2,(H,20,21). The lowest BCUT2D eigenvalue weighted by Crippen LogP contribution is -2.37. The Morgan fingerprint density at radius 2 is 2.00 bits per heavy atom. The number of aliphatic carboxylic acids is 1. The number of hydrazine groups is 1. The van der Waals surface area contributed by atoms with Gasteiger partial charge in [0.2, 0.25) is 0 Å². The summed E-state index contributed by atoms with van der Waals surface area (Å²) in [4.78, 5) is 11.1. The first-order valence-electron chi connectivity index (χ1n) is 7.67. The average molecular weight is 300 g/mol. The zero-order valence-electron chi connectivity index (χ0n) is 12.4. The fourth-order valence-electron chi connectivity index (χ4n) is 2.81. The number of carboxylic acid groups (broad SMARTS) is 1. The molecule has 0 amide bonds. The molecule has 0 atom stereocenters. The largest absolute Gasteiger partial charge is 0.488 e. The molecule has 5 nitrogen and oxygen atoms in total. The van der Waals surface area contributed by atoms with Gasteiger partial charge >= 0.3 is 5.97 Å². The highest BCUT2D eigenvalue weighted by Gasteiger charge is 2.20. The van der Waals surface area contributed by atoms with Gasteiger partial charge in [-0.25, -0.2) is 4.79 Å². The molecular weight excluding hydrogens is 280 g/mol. The lowest BCUT2D eigenvalue weighted by molar-refractivity contribution is -0.133. The first kappa shape index (κ1) is 14.5. The summed E-state index contributed by atoms with van der Waals surface area (Å²) in [5.41, 5.74) is 3.83. The van der Waals surface area contributed by atoms with Gasteiger partial charge in [0.25, 0.3) is 0 Å². The highest BCUT2D eigenvalue weighted by molar-refractivity contribution is 5.87. The van der Waals surface area contributed by atoms with Crippen molar-refractivity contribution in [1.29, 1.82) is 0 Å². The highest BCUT2D eigenvalue weighted by atomic mass is 16.5. The molecule has 2 N–H and O–H groups in total. The third-order valence-corrected chi connectivity index (χ3v) is 3.94. The van der Waals surface area contributed by atoms with Crippen LogP contribution in [0.5, 0.6) is 5.75 Å². The molecule has 1 aromatic rings. The van der Waals surface area contributed by atoms with E-state index in [9.17, 15) is 4.79 Å². The fourth-order valence-corrected chi connectivity index (χ4v) is 2.81. The summed E-state index contributed by atoms with van der Waals surface area (Å²) in [6.45, 7) is 0. The summed E-state index contributed by atoms with van der Waals surface area (Å²) >= 11 is 0. The first-order valence-corrected chi connectivity index (χ1v) is 7.67. The van der Waals surface area contributed by atoms with Crippen molar-refractivity contribution in [3.63, 3.8) is 0 Å². The minimum absolute atomic E-state index is 0.134. The smallest absolute Gasteiger partial charge is 0.353 e. The van der Waals surface area contributed by atoms with Gasteiger partial charge in [-0.1, -0.05) is 18.6 Å². The van der Waals surface area contributed by atoms with Crippen molar-refractivity contribution in [2.45, 2.75) is 38.2 Å². The molecule has 1 aliphatic heterocycles. The van der Waals surface area contributed by atoms with Crippen LogP contribution in [-0.2, 0) is 4.79 Å². The van der Waals surface area contributed by atoms with Crippen LogP contribution >= 0.6 is 0 Å². The molecule has 0 aromatic heterocycles. The fraction of sp³-hybridized carbons (Fsp3) is 0.353. The second kappa shape index (κ2) is 6.56. The lowest BCUT2D eigenvalue weighted by atomic mass is 9.98. The van der Waals surface area contributed by atoms with Gasteiger partial charge in [0.15, 0.2) is 0 Å². The van der Waals surface area contributed by atoms with E-state index in [4.69, 9.17) is 9.84 Å². The zero-order valence-corrected chi connectivity index (χ0v) is 12.4. The quantitative estimate of drug-likeness (QED) is 0.894. The summed E-state index contributed by atoms with van der Waals surface area (Å²) in [6, 6.07) is 7.69. The van der Waals surface area contributed by atoms with Crippen LogP contribution in [0.1, 0.15) is 32.1 Å². The van der Waals surface area contributed by atoms with Crippen molar-refractivity contribution in [3.05, 3.63) is 48.3 Å². The van der Waals surface area contributed by atoms with Crippen LogP contribution in [0.3, 0.4) is 0 Å². The molecule has 22 heavy (non-hydrogen) atoms. The number of allylic oxidation sites excluding steroid dienone is 2. The monoisotopic (exact) mass is 300 g/mol. The molecule has 116 valence electrons. The number of hydrogen-bond donors (Lipinski definition) is 2. The molecule has 0 unspecified atom stereocenters. The van der Waals surface area contributed by atoms with E-state index in [1.165, 1.54) is 25.3 Å². The molecule has 1 aromatic carbocycles. The number of ether oxygens (including phenoxy) is 1. The third kappa shape index (κ3) is 3.24. The Kier molecular flexibility index (Phi) is 4.32. The number of benzene rings is 1. The number of nitrogens with zero attached hydrogens (tertiary/aromatic N) is 1. The second-order valence-corrected chi connectivity index (χ2v) is 5.55. The number of rotatable bonds is 4. The van der Waals surface area contributed by atoms with E-state index < -0.39 is 5.97 Å². The number of carboxylic acids is 1. The van der Waals surface area contributed by atoms with Crippen LogP contribution in [0.4, 0.5) is 5.69 Å². The maximum absolute atomic E-state index is 11.1. The van der Waals surface area contributed by atoms with Gasteiger partial charge in [0.1, 0.15) is 17.1 Å². The molecule has 1 fully saturated rings. The zero-order chi connectivity index (χ0) is 15.4. The van der Waals surface area contributed by atoms with Gasteiger partial charge in [-0.15, -0.1) is 0 Å². The molecule has 5 heteroatoms. The van der Waals surface area contributed by atoms with Gasteiger partial charge in [-0.05, 0) is 50.0 Å². The van der Waals surface area contributed by atoms with Gasteiger partial charge in [-0.2, -0.15) is 0 Å². The van der Waals surface area contributed by atoms with Gasteiger partial charge in [0.05, 0.1) is 6.10 Å². The number of anilines is 1. The first-order chi connectivity index (χ1) is 10.7. The van der Waals surface area contributed by atoms with E-state index >= 15 is 0 Å². The summed E-state index contributed by atoms with van der Waals surface area (Å²) in [6.07, 6.45) is 11.1. The van der Waals surface area contributed by atoms with Crippen molar-refractivity contribution in [1.82, 2.24) is 5.43 Å².